The van der Waals surface area contributed by atoms with Gasteiger partial charge in [-0.3, -0.25) is 9.48 Å². The van der Waals surface area contributed by atoms with Crippen LogP contribution in [-0.2, 0) is 13.0 Å². The van der Waals surface area contributed by atoms with Crippen LogP contribution in [0.5, 0.6) is 0 Å². The molecule has 0 saturated heterocycles. The van der Waals surface area contributed by atoms with Gasteiger partial charge in [0.05, 0.1) is 11.4 Å². The zero-order valence-corrected chi connectivity index (χ0v) is 11.0. The molecule has 0 fully saturated rings. The molecule has 0 saturated carbocycles. The summed E-state index contributed by atoms with van der Waals surface area (Å²) in [7, 11) is 0. The predicted octanol–water partition coefficient (Wildman–Crippen LogP) is 2.37. The van der Waals surface area contributed by atoms with E-state index in [2.05, 4.69) is 5.10 Å². The zero-order valence-electron chi connectivity index (χ0n) is 11.0. The van der Waals surface area contributed by atoms with Crippen molar-refractivity contribution in [1.82, 2.24) is 9.78 Å². The van der Waals surface area contributed by atoms with Crippen LogP contribution in [0.3, 0.4) is 0 Å². The first-order valence-corrected chi connectivity index (χ1v) is 6.23. The summed E-state index contributed by atoms with van der Waals surface area (Å²) in [5.74, 6) is -1.10. The molecular weight excluding hydrogens is 245 g/mol. The first kappa shape index (κ1) is 13.3. The topological polar surface area (TPSA) is 60.9 Å². The third-order valence-corrected chi connectivity index (χ3v) is 3.02. The molecule has 0 aliphatic carbocycles. The molecule has 0 bridgehead atoms. The number of hydrogen-bond acceptors (Lipinski definition) is 2. The number of amides is 1. The molecule has 0 spiro atoms. The van der Waals surface area contributed by atoms with Gasteiger partial charge in [0.25, 0.3) is 0 Å². The van der Waals surface area contributed by atoms with E-state index in [9.17, 15) is 9.18 Å². The minimum atomic E-state index is -0.635. The van der Waals surface area contributed by atoms with Gasteiger partial charge in [0.2, 0.25) is 5.91 Å². The largest absolute Gasteiger partial charge is 0.366 e. The average molecular weight is 261 g/mol. The summed E-state index contributed by atoms with van der Waals surface area (Å²) < 4.78 is 15.8. The van der Waals surface area contributed by atoms with Crippen LogP contribution < -0.4 is 5.73 Å². The van der Waals surface area contributed by atoms with Gasteiger partial charge in [0.15, 0.2) is 0 Å². The van der Waals surface area contributed by atoms with Crippen molar-refractivity contribution in [2.24, 2.45) is 5.73 Å². The van der Waals surface area contributed by atoms with E-state index < -0.39 is 11.7 Å². The molecule has 100 valence electrons. The number of carbonyl (C=O) groups excluding carboxylic acids is 1. The molecule has 0 unspecified atom stereocenters. The van der Waals surface area contributed by atoms with Gasteiger partial charge in [0.1, 0.15) is 5.82 Å². The number of nitrogens with zero attached hydrogens (tertiary/aromatic N) is 2. The Hall–Kier alpha value is -2.17. The molecule has 2 aromatic rings. The van der Waals surface area contributed by atoms with Crippen molar-refractivity contribution < 1.29 is 9.18 Å². The van der Waals surface area contributed by atoms with E-state index in [-0.39, 0.29) is 5.56 Å². The smallest absolute Gasteiger partial charge is 0.248 e. The molecular formula is C14H16FN3O. The fraction of sp³-hybridized carbons (Fsp3) is 0.286. The van der Waals surface area contributed by atoms with E-state index in [1.165, 1.54) is 6.07 Å². The Morgan fingerprint density at radius 3 is 2.63 bits per heavy atom. The summed E-state index contributed by atoms with van der Waals surface area (Å²) in [5, 5.41) is 4.38. The molecule has 1 aromatic heterocycles. The Morgan fingerprint density at radius 2 is 2.11 bits per heavy atom. The van der Waals surface area contributed by atoms with Crippen LogP contribution in [0.1, 0.15) is 29.9 Å². The lowest BCUT2D eigenvalue weighted by atomic mass is 10.1. The normalized spacial score (nSPS) is 10.7. The van der Waals surface area contributed by atoms with Crippen LogP contribution in [0.2, 0.25) is 0 Å². The highest BCUT2D eigenvalue weighted by Gasteiger charge is 2.14. The van der Waals surface area contributed by atoms with Crippen molar-refractivity contribution in [2.45, 2.75) is 26.8 Å². The van der Waals surface area contributed by atoms with Gasteiger partial charge >= 0.3 is 0 Å². The highest BCUT2D eigenvalue weighted by molar-refractivity contribution is 5.93. The van der Waals surface area contributed by atoms with Crippen LogP contribution in [-0.4, -0.2) is 15.7 Å². The molecule has 0 aliphatic heterocycles. The molecule has 2 rings (SSSR count). The molecule has 4 nitrogen and oxygen atoms in total. The maximum absolute atomic E-state index is 14.1. The number of aromatic nitrogens is 2. The second-order valence-electron chi connectivity index (χ2n) is 4.25. The molecule has 0 atom stereocenters. The predicted molar refractivity (Wildman–Crippen MR) is 71.2 cm³/mol. The van der Waals surface area contributed by atoms with E-state index in [1.807, 2.05) is 19.9 Å². The van der Waals surface area contributed by atoms with Gasteiger partial charge in [-0.25, -0.2) is 4.39 Å². The minimum absolute atomic E-state index is 0.166. The number of carbonyl (C=O) groups is 1. The van der Waals surface area contributed by atoms with Crippen molar-refractivity contribution in [1.29, 1.82) is 0 Å². The van der Waals surface area contributed by atoms with Gasteiger partial charge in [0, 0.05) is 17.7 Å². The number of nitrogens with two attached hydrogens (primary N) is 1. The van der Waals surface area contributed by atoms with Crippen LogP contribution in [0.4, 0.5) is 4.39 Å². The summed E-state index contributed by atoms with van der Waals surface area (Å²) in [5.41, 5.74) is 7.35. The van der Waals surface area contributed by atoms with Gasteiger partial charge < -0.3 is 5.73 Å². The number of aryl methyl sites for hydroxylation is 2. The minimum Gasteiger partial charge on any atom is -0.366 e. The van der Waals surface area contributed by atoms with Crippen LogP contribution in [0.15, 0.2) is 24.3 Å². The lowest BCUT2D eigenvalue weighted by Gasteiger charge is -2.06. The van der Waals surface area contributed by atoms with Crippen molar-refractivity contribution >= 4 is 5.91 Å². The molecule has 2 N–H and O–H groups in total. The van der Waals surface area contributed by atoms with E-state index in [0.29, 0.717) is 17.8 Å². The number of benzene rings is 1. The Bertz CT molecular complexity index is 619. The summed E-state index contributed by atoms with van der Waals surface area (Å²) in [6.45, 7) is 4.61. The monoisotopic (exact) mass is 261 g/mol. The summed E-state index contributed by atoms with van der Waals surface area (Å²) in [6.07, 6.45) is 0.793. The van der Waals surface area contributed by atoms with Gasteiger partial charge in [-0.2, -0.15) is 5.10 Å². The first-order chi connectivity index (χ1) is 9.06. The standard InChI is InChI=1S/C14H16FN3O/c1-3-10-8-13(18(4-2)17-10)11-6-5-9(14(16)19)7-12(11)15/h5-8H,3-4H2,1-2H3,(H2,16,19). The third kappa shape index (κ3) is 2.50. The summed E-state index contributed by atoms with van der Waals surface area (Å²) in [4.78, 5) is 11.0. The molecule has 1 heterocycles. The zero-order chi connectivity index (χ0) is 14.0. The van der Waals surface area contributed by atoms with E-state index in [0.717, 1.165) is 18.2 Å². The first-order valence-electron chi connectivity index (χ1n) is 6.23. The van der Waals surface area contributed by atoms with Crippen molar-refractivity contribution in [3.05, 3.63) is 41.3 Å². The van der Waals surface area contributed by atoms with E-state index in [4.69, 9.17) is 5.73 Å². The second-order valence-corrected chi connectivity index (χ2v) is 4.25. The Balaban J connectivity index is 2.52. The van der Waals surface area contributed by atoms with Crippen LogP contribution in [0, 0.1) is 5.82 Å². The van der Waals surface area contributed by atoms with Gasteiger partial charge in [-0.05, 0) is 37.6 Å². The van der Waals surface area contributed by atoms with Gasteiger partial charge in [-0.1, -0.05) is 6.92 Å². The fourth-order valence-corrected chi connectivity index (χ4v) is 1.98. The average Bonchev–Trinajstić information content (AvgIpc) is 2.81. The number of primary amides is 1. The molecule has 19 heavy (non-hydrogen) atoms. The van der Waals surface area contributed by atoms with E-state index in [1.54, 1.807) is 10.7 Å². The third-order valence-electron chi connectivity index (χ3n) is 3.02. The second kappa shape index (κ2) is 5.22. The summed E-state index contributed by atoms with van der Waals surface area (Å²) in [6, 6.07) is 6.12. The van der Waals surface area contributed by atoms with Crippen molar-refractivity contribution in [3.63, 3.8) is 0 Å². The Labute approximate surface area is 111 Å². The fourth-order valence-electron chi connectivity index (χ4n) is 1.98. The lowest BCUT2D eigenvalue weighted by molar-refractivity contribution is 0.1000. The van der Waals surface area contributed by atoms with Crippen molar-refractivity contribution in [3.8, 4) is 11.3 Å². The quantitative estimate of drug-likeness (QED) is 0.918. The van der Waals surface area contributed by atoms with Crippen LogP contribution in [0.25, 0.3) is 11.3 Å². The molecule has 1 aromatic carbocycles. The number of rotatable bonds is 4. The Kier molecular flexibility index (Phi) is 3.64. The molecule has 0 radical (unpaired) electrons. The Morgan fingerprint density at radius 1 is 1.37 bits per heavy atom. The SMILES string of the molecule is CCc1cc(-c2ccc(C(N)=O)cc2F)n(CC)n1. The number of hydrogen-bond donors (Lipinski definition) is 1. The maximum Gasteiger partial charge on any atom is 0.248 e. The van der Waals surface area contributed by atoms with Crippen LogP contribution >= 0.6 is 0 Å². The highest BCUT2D eigenvalue weighted by Crippen LogP contribution is 2.25. The molecule has 1 amide bonds. The maximum atomic E-state index is 14.1. The molecule has 0 aliphatic rings. The highest BCUT2D eigenvalue weighted by atomic mass is 19.1. The van der Waals surface area contributed by atoms with E-state index >= 15 is 0 Å². The van der Waals surface area contributed by atoms with Gasteiger partial charge in [-0.15, -0.1) is 0 Å². The lowest BCUT2D eigenvalue weighted by Crippen LogP contribution is -2.11. The summed E-state index contributed by atoms with van der Waals surface area (Å²) >= 11 is 0. The number of halogens is 1. The molecule has 5 heteroatoms. The van der Waals surface area contributed by atoms with Crippen molar-refractivity contribution in [2.75, 3.05) is 0 Å².